The number of aliphatic hydroxyl groups excluding tert-OH is 2. The Bertz CT molecular complexity index is 146. The number of rotatable bonds is 12. The van der Waals surface area contributed by atoms with E-state index in [9.17, 15) is 10.2 Å². The summed E-state index contributed by atoms with van der Waals surface area (Å²) in [5.74, 6) is 0. The molecule has 6 N–H and O–H groups in total. The predicted octanol–water partition coefficient (Wildman–Crippen LogP) is -1.63. The highest BCUT2D eigenvalue weighted by molar-refractivity contribution is 4.44. The van der Waals surface area contributed by atoms with Crippen molar-refractivity contribution in [1.82, 2.24) is 0 Å². The summed E-state index contributed by atoms with van der Waals surface area (Å²) in [6.45, 7) is 1.78. The summed E-state index contributed by atoms with van der Waals surface area (Å²) in [7, 11) is 0. The standard InChI is InChI=1S/C10H24N2O5/c11-3-1-5-16-9(13)7-15-8-10(14)17-6-2-4-12/h9-10,13-14H,1-8,11-12H2. The fraction of sp³-hybridized carbons (Fsp3) is 1.00. The highest BCUT2D eigenvalue weighted by Crippen LogP contribution is 1.94. The first-order chi connectivity index (χ1) is 8.20. The topological polar surface area (TPSA) is 120 Å². The maximum absolute atomic E-state index is 9.28. The Labute approximate surface area is 102 Å². The van der Waals surface area contributed by atoms with Crippen LogP contribution in [-0.2, 0) is 14.2 Å². The van der Waals surface area contributed by atoms with Gasteiger partial charge in [-0.2, -0.15) is 0 Å². The molecular formula is C10H24N2O5. The van der Waals surface area contributed by atoms with Crippen molar-refractivity contribution in [2.75, 3.05) is 39.5 Å². The molecule has 7 heteroatoms. The molecule has 0 saturated heterocycles. The first kappa shape index (κ1) is 16.7. The van der Waals surface area contributed by atoms with Gasteiger partial charge < -0.3 is 35.9 Å². The van der Waals surface area contributed by atoms with Gasteiger partial charge in [-0.25, -0.2) is 0 Å². The second kappa shape index (κ2) is 12.2. The zero-order chi connectivity index (χ0) is 12.9. The highest BCUT2D eigenvalue weighted by atomic mass is 16.6. The van der Waals surface area contributed by atoms with Crippen LogP contribution in [0.2, 0.25) is 0 Å². The zero-order valence-electron chi connectivity index (χ0n) is 10.1. The number of ether oxygens (including phenoxy) is 3. The molecular weight excluding hydrogens is 228 g/mol. The molecule has 0 rings (SSSR count). The first-order valence-electron chi connectivity index (χ1n) is 5.78. The van der Waals surface area contributed by atoms with E-state index >= 15 is 0 Å². The van der Waals surface area contributed by atoms with E-state index in [0.29, 0.717) is 39.1 Å². The summed E-state index contributed by atoms with van der Waals surface area (Å²) in [5.41, 5.74) is 10.5. The number of aliphatic hydroxyl groups is 2. The smallest absolute Gasteiger partial charge is 0.178 e. The van der Waals surface area contributed by atoms with Crippen molar-refractivity contribution < 1.29 is 24.4 Å². The molecule has 0 saturated carbocycles. The highest BCUT2D eigenvalue weighted by Gasteiger charge is 2.07. The lowest BCUT2D eigenvalue weighted by atomic mass is 10.5. The van der Waals surface area contributed by atoms with Crippen LogP contribution in [0, 0.1) is 0 Å². The van der Waals surface area contributed by atoms with Crippen molar-refractivity contribution in [3.8, 4) is 0 Å². The van der Waals surface area contributed by atoms with Crippen molar-refractivity contribution in [1.29, 1.82) is 0 Å². The van der Waals surface area contributed by atoms with E-state index in [1.807, 2.05) is 0 Å². The predicted molar refractivity (Wildman–Crippen MR) is 62.1 cm³/mol. The SMILES string of the molecule is NCCCOC(O)COCC(O)OCCCN. The Kier molecular flexibility index (Phi) is 12.0. The minimum atomic E-state index is -1.00. The molecule has 104 valence electrons. The van der Waals surface area contributed by atoms with E-state index in [0.717, 1.165) is 0 Å². The third kappa shape index (κ3) is 12.0. The fourth-order valence-electron chi connectivity index (χ4n) is 0.971. The van der Waals surface area contributed by atoms with Crippen LogP contribution in [0.3, 0.4) is 0 Å². The molecule has 0 aromatic rings. The van der Waals surface area contributed by atoms with E-state index in [4.69, 9.17) is 25.7 Å². The number of nitrogens with two attached hydrogens (primary N) is 2. The van der Waals surface area contributed by atoms with Gasteiger partial charge in [0.1, 0.15) is 0 Å². The van der Waals surface area contributed by atoms with Gasteiger partial charge in [-0.1, -0.05) is 0 Å². The summed E-state index contributed by atoms with van der Waals surface area (Å²) < 4.78 is 15.0. The van der Waals surface area contributed by atoms with Crippen LogP contribution in [0.1, 0.15) is 12.8 Å². The molecule has 0 bridgehead atoms. The summed E-state index contributed by atoms with van der Waals surface area (Å²) in [4.78, 5) is 0. The Balaban J connectivity index is 3.29. The first-order valence-corrected chi connectivity index (χ1v) is 5.78. The number of hydrogen-bond acceptors (Lipinski definition) is 7. The van der Waals surface area contributed by atoms with E-state index in [1.165, 1.54) is 0 Å². The van der Waals surface area contributed by atoms with Crippen LogP contribution >= 0.6 is 0 Å². The molecule has 17 heavy (non-hydrogen) atoms. The van der Waals surface area contributed by atoms with Gasteiger partial charge in [-0.05, 0) is 25.9 Å². The summed E-state index contributed by atoms with van der Waals surface area (Å²) in [6, 6.07) is 0. The molecule has 0 amide bonds. The maximum atomic E-state index is 9.28. The molecule has 0 heterocycles. The summed E-state index contributed by atoms with van der Waals surface area (Å²) >= 11 is 0. The van der Waals surface area contributed by atoms with Crippen LogP contribution in [0.15, 0.2) is 0 Å². The second-order valence-electron chi connectivity index (χ2n) is 3.47. The van der Waals surface area contributed by atoms with Gasteiger partial charge in [-0.3, -0.25) is 0 Å². The Morgan fingerprint density at radius 2 is 1.24 bits per heavy atom. The third-order valence-corrected chi connectivity index (χ3v) is 1.84. The van der Waals surface area contributed by atoms with Gasteiger partial charge in [0.2, 0.25) is 0 Å². The van der Waals surface area contributed by atoms with Gasteiger partial charge in [0.15, 0.2) is 12.6 Å². The minimum Gasteiger partial charge on any atom is -0.371 e. The Morgan fingerprint density at radius 1 is 0.824 bits per heavy atom. The molecule has 0 radical (unpaired) electrons. The molecule has 0 aromatic carbocycles. The van der Waals surface area contributed by atoms with Crippen molar-refractivity contribution >= 4 is 0 Å². The lowest BCUT2D eigenvalue weighted by Crippen LogP contribution is -2.26. The van der Waals surface area contributed by atoms with Crippen LogP contribution in [0.25, 0.3) is 0 Å². The molecule has 2 atom stereocenters. The van der Waals surface area contributed by atoms with E-state index in [-0.39, 0.29) is 13.2 Å². The van der Waals surface area contributed by atoms with Crippen LogP contribution in [-0.4, -0.2) is 62.3 Å². The number of hydrogen-bond donors (Lipinski definition) is 4. The van der Waals surface area contributed by atoms with E-state index < -0.39 is 12.6 Å². The summed E-state index contributed by atoms with van der Waals surface area (Å²) in [6.07, 6.45) is -0.639. The zero-order valence-corrected chi connectivity index (χ0v) is 10.1. The van der Waals surface area contributed by atoms with E-state index in [1.54, 1.807) is 0 Å². The monoisotopic (exact) mass is 252 g/mol. The molecule has 7 nitrogen and oxygen atoms in total. The van der Waals surface area contributed by atoms with Crippen LogP contribution in [0.4, 0.5) is 0 Å². The van der Waals surface area contributed by atoms with Crippen molar-refractivity contribution in [3.05, 3.63) is 0 Å². The lowest BCUT2D eigenvalue weighted by molar-refractivity contribution is -0.175. The maximum Gasteiger partial charge on any atom is 0.178 e. The fourth-order valence-corrected chi connectivity index (χ4v) is 0.971. The molecule has 0 aliphatic carbocycles. The molecule has 0 aliphatic heterocycles. The van der Waals surface area contributed by atoms with Crippen molar-refractivity contribution in [2.45, 2.75) is 25.4 Å². The van der Waals surface area contributed by atoms with Gasteiger partial charge in [0.05, 0.1) is 26.4 Å². The Morgan fingerprint density at radius 3 is 1.59 bits per heavy atom. The largest absolute Gasteiger partial charge is 0.371 e. The quantitative estimate of drug-likeness (QED) is 0.243. The molecule has 0 fully saturated rings. The van der Waals surface area contributed by atoms with Crippen LogP contribution in [0.5, 0.6) is 0 Å². The molecule has 0 aromatic heterocycles. The van der Waals surface area contributed by atoms with Crippen molar-refractivity contribution in [3.63, 3.8) is 0 Å². The summed E-state index contributed by atoms with van der Waals surface area (Å²) in [5, 5.41) is 18.6. The molecule has 0 spiro atoms. The molecule has 0 aliphatic rings. The normalized spacial score (nSPS) is 14.8. The van der Waals surface area contributed by atoms with Gasteiger partial charge in [-0.15, -0.1) is 0 Å². The average molecular weight is 252 g/mol. The van der Waals surface area contributed by atoms with Gasteiger partial charge >= 0.3 is 0 Å². The van der Waals surface area contributed by atoms with Crippen molar-refractivity contribution in [2.24, 2.45) is 11.5 Å². The Hall–Kier alpha value is -0.280. The van der Waals surface area contributed by atoms with Gasteiger partial charge in [0, 0.05) is 0 Å². The second-order valence-corrected chi connectivity index (χ2v) is 3.47. The lowest BCUT2D eigenvalue weighted by Gasteiger charge is -2.15. The van der Waals surface area contributed by atoms with Crippen LogP contribution < -0.4 is 11.5 Å². The average Bonchev–Trinajstić information content (AvgIpc) is 2.30. The minimum absolute atomic E-state index is 0.0120. The van der Waals surface area contributed by atoms with Gasteiger partial charge in [0.25, 0.3) is 0 Å². The third-order valence-electron chi connectivity index (χ3n) is 1.84. The molecule has 2 unspecified atom stereocenters. The van der Waals surface area contributed by atoms with E-state index in [2.05, 4.69) is 0 Å².